The van der Waals surface area contributed by atoms with E-state index in [0.29, 0.717) is 37.1 Å². The number of hydrazine groups is 1. The molecule has 1 fully saturated rings. The van der Waals surface area contributed by atoms with Gasteiger partial charge in [-0.2, -0.15) is 5.01 Å². The molecule has 0 saturated carbocycles. The molecule has 12 heteroatoms. The summed E-state index contributed by atoms with van der Waals surface area (Å²) in [5.41, 5.74) is 3.46. The molecule has 1 heterocycles. The number of ether oxygens (including phenoxy) is 1. The van der Waals surface area contributed by atoms with Crippen LogP contribution in [0.25, 0.3) is 6.08 Å². The van der Waals surface area contributed by atoms with Crippen LogP contribution in [0.3, 0.4) is 0 Å². The van der Waals surface area contributed by atoms with Gasteiger partial charge in [0.25, 0.3) is 5.91 Å². The Balaban J connectivity index is 1.74. The number of nitrogens with zero attached hydrogens (tertiary/aromatic N) is 1. The second-order valence-corrected chi connectivity index (χ2v) is 9.65. The standard InChI is InChI=1S/C19H14Cl2IN3O4S2/c1-2-29-14-6-9(5-13(22)16(14)26)7-15-17(27)25(19(30)31-15)24-18(28)23-10-3-4-11(20)12(21)8-10/h3-8,26H,2H2,1H3,(H2,23,24,28)/b15-7+. The molecule has 2 aromatic carbocycles. The third-order valence-corrected chi connectivity index (χ3v) is 6.70. The minimum absolute atomic E-state index is 0.0350. The van der Waals surface area contributed by atoms with Gasteiger partial charge in [0.15, 0.2) is 15.8 Å². The van der Waals surface area contributed by atoms with E-state index in [4.69, 9.17) is 40.2 Å². The number of nitrogens with one attached hydrogen (secondary N) is 2. The Bertz CT molecular complexity index is 1110. The van der Waals surface area contributed by atoms with Gasteiger partial charge >= 0.3 is 6.03 Å². The molecule has 3 N–H and O–H groups in total. The van der Waals surface area contributed by atoms with Crippen molar-refractivity contribution in [3.63, 3.8) is 0 Å². The smallest absolute Gasteiger partial charge is 0.338 e. The van der Waals surface area contributed by atoms with E-state index in [1.54, 1.807) is 31.2 Å². The first-order chi connectivity index (χ1) is 14.7. The van der Waals surface area contributed by atoms with Crippen LogP contribution >= 0.6 is 69.8 Å². The highest BCUT2D eigenvalue weighted by molar-refractivity contribution is 14.1. The monoisotopic (exact) mass is 609 g/mol. The molecule has 2 aromatic rings. The number of rotatable bonds is 5. The maximum atomic E-state index is 12.8. The summed E-state index contributed by atoms with van der Waals surface area (Å²) in [6, 6.07) is 7.25. The maximum absolute atomic E-state index is 12.8. The Morgan fingerprint density at radius 2 is 2.06 bits per heavy atom. The predicted molar refractivity (Wildman–Crippen MR) is 136 cm³/mol. The third kappa shape index (κ3) is 5.75. The molecule has 0 atom stereocenters. The fraction of sp³-hybridized carbons (Fsp3) is 0.105. The average Bonchev–Trinajstić information content (AvgIpc) is 2.96. The van der Waals surface area contributed by atoms with E-state index in [2.05, 4.69) is 10.7 Å². The van der Waals surface area contributed by atoms with Gasteiger partial charge in [0, 0.05) is 5.69 Å². The van der Waals surface area contributed by atoms with Crippen LogP contribution < -0.4 is 15.5 Å². The Kier molecular flexibility index (Phi) is 7.92. The number of carbonyl (C=O) groups is 2. The molecule has 1 saturated heterocycles. The number of hydrogen-bond acceptors (Lipinski definition) is 6. The second-order valence-electron chi connectivity index (χ2n) is 5.99. The molecular weight excluding hydrogens is 596 g/mol. The van der Waals surface area contributed by atoms with E-state index >= 15 is 0 Å². The first-order valence-corrected chi connectivity index (χ1v) is 11.7. The van der Waals surface area contributed by atoms with Crippen LogP contribution in [0.4, 0.5) is 10.5 Å². The summed E-state index contributed by atoms with van der Waals surface area (Å²) in [5, 5.41) is 14.2. The van der Waals surface area contributed by atoms with Crippen LogP contribution in [0.15, 0.2) is 35.2 Å². The van der Waals surface area contributed by atoms with Gasteiger partial charge in [-0.05, 0) is 83.7 Å². The highest BCUT2D eigenvalue weighted by Crippen LogP contribution is 2.36. The minimum atomic E-state index is -0.672. The topological polar surface area (TPSA) is 90.9 Å². The summed E-state index contributed by atoms with van der Waals surface area (Å²) >= 11 is 20.0. The van der Waals surface area contributed by atoms with Gasteiger partial charge in [0.1, 0.15) is 0 Å². The number of thioether (sulfide) groups is 1. The van der Waals surface area contributed by atoms with Crippen LogP contribution in [-0.4, -0.2) is 33.0 Å². The predicted octanol–water partition coefficient (Wildman–Crippen LogP) is 5.64. The molecular formula is C19H14Cl2IN3O4S2. The zero-order chi connectivity index (χ0) is 22.7. The first kappa shape index (κ1) is 23.9. The second kappa shape index (κ2) is 10.3. The van der Waals surface area contributed by atoms with Crippen molar-refractivity contribution in [3.05, 3.63) is 54.4 Å². The Morgan fingerprint density at radius 3 is 2.74 bits per heavy atom. The van der Waals surface area contributed by atoms with Crippen LogP contribution in [0, 0.1) is 3.57 Å². The number of urea groups is 1. The number of anilines is 1. The minimum Gasteiger partial charge on any atom is -0.504 e. The normalized spacial score (nSPS) is 14.8. The lowest BCUT2D eigenvalue weighted by molar-refractivity contribution is -0.123. The number of aromatic hydroxyl groups is 1. The third-order valence-electron chi connectivity index (χ3n) is 3.83. The molecule has 3 rings (SSSR count). The van der Waals surface area contributed by atoms with Gasteiger partial charge in [-0.3, -0.25) is 4.79 Å². The van der Waals surface area contributed by atoms with Crippen LogP contribution in [0.1, 0.15) is 12.5 Å². The summed E-state index contributed by atoms with van der Waals surface area (Å²) in [4.78, 5) is 25.4. The Hall–Kier alpha value is -1.73. The number of hydrogen-bond donors (Lipinski definition) is 3. The summed E-state index contributed by atoms with van der Waals surface area (Å²) in [6.45, 7) is 2.19. The van der Waals surface area contributed by atoms with Crippen molar-refractivity contribution in [2.45, 2.75) is 6.92 Å². The summed E-state index contributed by atoms with van der Waals surface area (Å²) in [7, 11) is 0. The number of amides is 3. The number of phenols is 1. The molecule has 7 nitrogen and oxygen atoms in total. The molecule has 0 aliphatic carbocycles. The van der Waals surface area contributed by atoms with E-state index in [1.807, 2.05) is 22.6 Å². The van der Waals surface area contributed by atoms with Gasteiger partial charge in [-0.25, -0.2) is 10.2 Å². The highest BCUT2D eigenvalue weighted by atomic mass is 127. The van der Waals surface area contributed by atoms with Crippen molar-refractivity contribution in [3.8, 4) is 11.5 Å². The lowest BCUT2D eigenvalue weighted by atomic mass is 10.2. The first-order valence-electron chi connectivity index (χ1n) is 8.65. The van der Waals surface area contributed by atoms with E-state index in [-0.39, 0.29) is 15.1 Å². The summed E-state index contributed by atoms with van der Waals surface area (Å²) in [6.07, 6.45) is 1.61. The fourth-order valence-corrected chi connectivity index (χ4v) is 4.60. The van der Waals surface area contributed by atoms with E-state index in [9.17, 15) is 14.7 Å². The number of halogens is 3. The van der Waals surface area contributed by atoms with Crippen LogP contribution in [-0.2, 0) is 4.79 Å². The largest absolute Gasteiger partial charge is 0.504 e. The Labute approximate surface area is 211 Å². The quantitative estimate of drug-likeness (QED) is 0.231. The van der Waals surface area contributed by atoms with Gasteiger partial charge in [-0.1, -0.05) is 35.0 Å². The highest BCUT2D eigenvalue weighted by Gasteiger charge is 2.33. The molecule has 0 unspecified atom stereocenters. The summed E-state index contributed by atoms with van der Waals surface area (Å²) in [5.74, 6) is -0.136. The average molecular weight is 610 g/mol. The van der Waals surface area contributed by atoms with Gasteiger partial charge in [0.2, 0.25) is 0 Å². The van der Waals surface area contributed by atoms with Crippen molar-refractivity contribution in [2.75, 3.05) is 11.9 Å². The number of benzene rings is 2. The van der Waals surface area contributed by atoms with Crippen molar-refractivity contribution in [1.29, 1.82) is 0 Å². The zero-order valence-corrected chi connectivity index (χ0v) is 21.0. The molecule has 1 aliphatic rings. The van der Waals surface area contributed by atoms with Crippen molar-refractivity contribution in [2.24, 2.45) is 0 Å². The maximum Gasteiger partial charge on any atom is 0.338 e. The SMILES string of the molecule is CCOc1cc(/C=C2/SC(=S)N(NC(=O)Nc3ccc(Cl)c(Cl)c3)C2=O)cc(I)c1O. The number of thiocarbonyl (C=S) groups is 1. The van der Waals surface area contributed by atoms with Crippen molar-refractivity contribution < 1.29 is 19.4 Å². The van der Waals surface area contributed by atoms with Gasteiger partial charge in [0.05, 0.1) is 25.1 Å². The zero-order valence-electron chi connectivity index (χ0n) is 15.7. The fourth-order valence-electron chi connectivity index (χ4n) is 2.49. The molecule has 162 valence electrons. The lowest BCUT2D eigenvalue weighted by Crippen LogP contribution is -2.46. The number of carbonyl (C=O) groups excluding carboxylic acids is 2. The molecule has 31 heavy (non-hydrogen) atoms. The van der Waals surface area contributed by atoms with E-state index < -0.39 is 11.9 Å². The number of phenolic OH excluding ortho intramolecular Hbond substituents is 1. The molecule has 0 spiro atoms. The van der Waals surface area contributed by atoms with Gasteiger partial charge in [-0.15, -0.1) is 0 Å². The van der Waals surface area contributed by atoms with Gasteiger partial charge < -0.3 is 15.2 Å². The molecule has 0 bridgehead atoms. The van der Waals surface area contributed by atoms with Crippen molar-refractivity contribution in [1.82, 2.24) is 10.4 Å². The van der Waals surface area contributed by atoms with Crippen molar-refractivity contribution >= 4 is 97.8 Å². The van der Waals surface area contributed by atoms with Crippen LogP contribution in [0.5, 0.6) is 11.5 Å². The lowest BCUT2D eigenvalue weighted by Gasteiger charge is -2.16. The Morgan fingerprint density at radius 1 is 1.32 bits per heavy atom. The molecule has 0 radical (unpaired) electrons. The summed E-state index contributed by atoms with van der Waals surface area (Å²) < 4.78 is 6.16. The van der Waals surface area contributed by atoms with E-state index in [1.165, 1.54) is 12.1 Å². The molecule has 3 amide bonds. The van der Waals surface area contributed by atoms with Crippen LogP contribution in [0.2, 0.25) is 10.0 Å². The molecule has 0 aromatic heterocycles. The molecule has 1 aliphatic heterocycles. The van der Waals surface area contributed by atoms with E-state index in [0.717, 1.165) is 16.8 Å².